The number of carbonyl (C=O) groups is 1. The van der Waals surface area contributed by atoms with Crippen molar-refractivity contribution in [1.82, 2.24) is 15.3 Å². The van der Waals surface area contributed by atoms with Crippen LogP contribution in [0, 0.1) is 11.3 Å². The van der Waals surface area contributed by atoms with Gasteiger partial charge in [-0.05, 0) is 35.4 Å². The number of methoxy groups -OCH3 is 1. The summed E-state index contributed by atoms with van der Waals surface area (Å²) in [7, 11) is 1.49. The van der Waals surface area contributed by atoms with E-state index in [9.17, 15) is 4.79 Å². The lowest BCUT2D eigenvalue weighted by Gasteiger charge is -2.20. The van der Waals surface area contributed by atoms with E-state index < -0.39 is 0 Å². The molecule has 154 valence electrons. The van der Waals surface area contributed by atoms with Crippen LogP contribution in [0.3, 0.4) is 0 Å². The molecule has 1 amide bonds. The SMILES string of the molecule is COc1cc(C#N)ccc1OCC(=O)NC(c1ccccc1)c1ccc2nc[nH]c2c1. The van der Waals surface area contributed by atoms with Gasteiger partial charge in [-0.25, -0.2) is 4.98 Å². The Kier molecular flexibility index (Phi) is 5.81. The smallest absolute Gasteiger partial charge is 0.258 e. The highest BCUT2D eigenvalue weighted by Gasteiger charge is 2.18. The van der Waals surface area contributed by atoms with Crippen molar-refractivity contribution in [2.45, 2.75) is 6.04 Å². The molecule has 0 aliphatic carbocycles. The van der Waals surface area contributed by atoms with Crippen molar-refractivity contribution in [3.05, 3.63) is 89.7 Å². The molecule has 4 aromatic rings. The number of nitrogens with one attached hydrogen (secondary N) is 2. The van der Waals surface area contributed by atoms with Crippen LogP contribution >= 0.6 is 0 Å². The number of aromatic amines is 1. The third-order valence-corrected chi connectivity index (χ3v) is 4.87. The van der Waals surface area contributed by atoms with Crippen LogP contribution in [-0.4, -0.2) is 29.6 Å². The number of carbonyl (C=O) groups excluding carboxylic acids is 1. The third-order valence-electron chi connectivity index (χ3n) is 4.87. The number of aromatic nitrogens is 2. The van der Waals surface area contributed by atoms with Gasteiger partial charge >= 0.3 is 0 Å². The molecule has 0 saturated heterocycles. The maximum absolute atomic E-state index is 12.8. The van der Waals surface area contributed by atoms with Crippen LogP contribution in [0.5, 0.6) is 11.5 Å². The van der Waals surface area contributed by atoms with Crippen molar-refractivity contribution in [2.75, 3.05) is 13.7 Å². The quantitative estimate of drug-likeness (QED) is 0.482. The molecular formula is C24H20N4O3. The number of benzene rings is 3. The highest BCUT2D eigenvalue weighted by Crippen LogP contribution is 2.28. The van der Waals surface area contributed by atoms with E-state index in [0.29, 0.717) is 17.1 Å². The third kappa shape index (κ3) is 4.49. The molecule has 0 spiro atoms. The molecule has 0 aliphatic heterocycles. The summed E-state index contributed by atoms with van der Waals surface area (Å²) in [5.74, 6) is 0.507. The Morgan fingerprint density at radius 3 is 2.71 bits per heavy atom. The highest BCUT2D eigenvalue weighted by molar-refractivity contribution is 5.80. The standard InChI is InChI=1S/C24H20N4O3/c1-30-22-11-16(13-25)7-10-21(22)31-14-23(29)28-24(17-5-3-2-4-6-17)18-8-9-19-20(12-18)27-15-26-19/h2-12,15,24H,14H2,1H3,(H,26,27)(H,28,29). The van der Waals surface area contributed by atoms with E-state index in [1.54, 1.807) is 24.5 Å². The number of hydrogen-bond acceptors (Lipinski definition) is 5. The van der Waals surface area contributed by atoms with Crippen LogP contribution in [0.4, 0.5) is 0 Å². The van der Waals surface area contributed by atoms with Crippen LogP contribution in [0.2, 0.25) is 0 Å². The number of imidazole rings is 1. The van der Waals surface area contributed by atoms with E-state index in [4.69, 9.17) is 14.7 Å². The average molecular weight is 412 g/mol. The van der Waals surface area contributed by atoms with Gasteiger partial charge in [0.15, 0.2) is 18.1 Å². The van der Waals surface area contributed by atoms with Crippen molar-refractivity contribution in [3.8, 4) is 17.6 Å². The molecule has 3 aromatic carbocycles. The predicted molar refractivity (Wildman–Crippen MR) is 116 cm³/mol. The normalized spacial score (nSPS) is 11.5. The second kappa shape index (κ2) is 9.01. The molecule has 1 unspecified atom stereocenters. The van der Waals surface area contributed by atoms with Crippen LogP contribution in [-0.2, 0) is 4.79 Å². The zero-order valence-electron chi connectivity index (χ0n) is 16.8. The summed E-state index contributed by atoms with van der Waals surface area (Å²) < 4.78 is 10.9. The number of hydrogen-bond donors (Lipinski definition) is 2. The first-order valence-corrected chi connectivity index (χ1v) is 9.66. The van der Waals surface area contributed by atoms with Gasteiger partial charge in [-0.15, -0.1) is 0 Å². The Morgan fingerprint density at radius 2 is 1.94 bits per heavy atom. The van der Waals surface area contributed by atoms with Crippen molar-refractivity contribution in [1.29, 1.82) is 5.26 Å². The van der Waals surface area contributed by atoms with Crippen LogP contribution < -0.4 is 14.8 Å². The molecule has 0 aliphatic rings. The van der Waals surface area contributed by atoms with Gasteiger partial charge < -0.3 is 19.8 Å². The minimum atomic E-state index is -0.354. The van der Waals surface area contributed by atoms with Gasteiger partial charge in [0.25, 0.3) is 5.91 Å². The van der Waals surface area contributed by atoms with Crippen molar-refractivity contribution >= 4 is 16.9 Å². The Bertz CT molecular complexity index is 1240. The van der Waals surface area contributed by atoms with Gasteiger partial charge in [-0.1, -0.05) is 36.4 Å². The highest BCUT2D eigenvalue weighted by atomic mass is 16.5. The number of rotatable bonds is 7. The minimum absolute atomic E-state index is 0.197. The largest absolute Gasteiger partial charge is 0.493 e. The molecule has 0 fully saturated rings. The van der Waals surface area contributed by atoms with E-state index in [-0.39, 0.29) is 18.6 Å². The Balaban J connectivity index is 1.53. The molecular weight excluding hydrogens is 392 g/mol. The molecule has 4 rings (SSSR count). The topological polar surface area (TPSA) is 100 Å². The van der Waals surface area contributed by atoms with Gasteiger partial charge in [0.2, 0.25) is 0 Å². The first kappa shape index (κ1) is 20.0. The first-order chi connectivity index (χ1) is 15.2. The molecule has 0 bridgehead atoms. The van der Waals surface area contributed by atoms with E-state index in [2.05, 4.69) is 15.3 Å². The molecule has 0 radical (unpaired) electrons. The lowest BCUT2D eigenvalue weighted by molar-refractivity contribution is -0.123. The number of nitriles is 1. The molecule has 1 atom stereocenters. The molecule has 2 N–H and O–H groups in total. The summed E-state index contributed by atoms with van der Waals surface area (Å²) in [6.07, 6.45) is 1.64. The van der Waals surface area contributed by atoms with Crippen molar-refractivity contribution in [3.63, 3.8) is 0 Å². The van der Waals surface area contributed by atoms with Crippen molar-refractivity contribution < 1.29 is 14.3 Å². The second-order valence-corrected chi connectivity index (χ2v) is 6.86. The fraction of sp³-hybridized carbons (Fsp3) is 0.125. The number of fused-ring (bicyclic) bond motifs is 1. The summed E-state index contributed by atoms with van der Waals surface area (Å²) in [5.41, 5.74) is 4.08. The lowest BCUT2D eigenvalue weighted by Crippen LogP contribution is -2.33. The molecule has 1 aromatic heterocycles. The van der Waals surface area contributed by atoms with Gasteiger partial charge in [-0.3, -0.25) is 4.79 Å². The van der Waals surface area contributed by atoms with Crippen LogP contribution in [0.25, 0.3) is 11.0 Å². The summed E-state index contributed by atoms with van der Waals surface area (Å²) in [5, 5.41) is 12.1. The maximum atomic E-state index is 12.8. The fourth-order valence-corrected chi connectivity index (χ4v) is 3.34. The molecule has 7 nitrogen and oxygen atoms in total. The molecule has 7 heteroatoms. The minimum Gasteiger partial charge on any atom is -0.493 e. The molecule has 31 heavy (non-hydrogen) atoms. The monoisotopic (exact) mass is 412 g/mol. The van der Waals surface area contributed by atoms with Crippen LogP contribution in [0.15, 0.2) is 73.1 Å². The summed E-state index contributed by atoms with van der Waals surface area (Å²) in [6.45, 7) is -0.197. The van der Waals surface area contributed by atoms with Gasteiger partial charge in [0.1, 0.15) is 0 Å². The van der Waals surface area contributed by atoms with Gasteiger partial charge in [0, 0.05) is 6.07 Å². The zero-order chi connectivity index (χ0) is 21.6. The van der Waals surface area contributed by atoms with Crippen molar-refractivity contribution in [2.24, 2.45) is 0 Å². The Morgan fingerprint density at radius 1 is 1.10 bits per heavy atom. The van der Waals surface area contributed by atoms with Gasteiger partial charge in [-0.2, -0.15) is 5.26 Å². The average Bonchev–Trinajstić information content (AvgIpc) is 3.29. The first-order valence-electron chi connectivity index (χ1n) is 9.66. The van der Waals surface area contributed by atoms with E-state index in [1.165, 1.54) is 7.11 Å². The van der Waals surface area contributed by atoms with E-state index in [1.807, 2.05) is 54.6 Å². The number of nitrogens with zero attached hydrogens (tertiary/aromatic N) is 2. The number of ether oxygens (including phenoxy) is 2. The molecule has 0 saturated carbocycles. The van der Waals surface area contributed by atoms with Gasteiger partial charge in [0.05, 0.1) is 42.1 Å². The molecule has 1 heterocycles. The lowest BCUT2D eigenvalue weighted by atomic mass is 9.98. The fourth-order valence-electron chi connectivity index (χ4n) is 3.34. The maximum Gasteiger partial charge on any atom is 0.258 e. The van der Waals surface area contributed by atoms with E-state index >= 15 is 0 Å². The summed E-state index contributed by atoms with van der Waals surface area (Å²) in [4.78, 5) is 20.1. The van der Waals surface area contributed by atoms with Crippen LogP contribution in [0.1, 0.15) is 22.7 Å². The van der Waals surface area contributed by atoms with E-state index in [0.717, 1.165) is 22.2 Å². The number of H-pyrrole nitrogens is 1. The zero-order valence-corrected chi connectivity index (χ0v) is 16.8. The Hall–Kier alpha value is -4.31. The Labute approximate surface area is 179 Å². The summed E-state index contributed by atoms with van der Waals surface area (Å²) in [6, 6.07) is 22.1. The predicted octanol–water partition coefficient (Wildman–Crippen LogP) is 3.73. The summed E-state index contributed by atoms with van der Waals surface area (Å²) >= 11 is 0. The number of amides is 1. The second-order valence-electron chi connectivity index (χ2n) is 6.86.